The topological polar surface area (TPSA) is 32.3 Å². The third-order valence-corrected chi connectivity index (χ3v) is 3.26. The summed E-state index contributed by atoms with van der Waals surface area (Å²) < 4.78 is 37.1. The lowest BCUT2D eigenvalue weighted by atomic mass is 10.1. The molecule has 0 aromatic heterocycles. The van der Waals surface area contributed by atoms with E-state index in [9.17, 15) is 18.0 Å². The summed E-state index contributed by atoms with van der Waals surface area (Å²) in [5.74, 6) is -0.201. The van der Waals surface area contributed by atoms with Crippen molar-refractivity contribution in [2.24, 2.45) is 0 Å². The van der Waals surface area contributed by atoms with Crippen LogP contribution in [0, 0.1) is 0 Å². The fraction of sp³-hybridized carbons (Fsp3) is 0.917. The quantitative estimate of drug-likeness (QED) is 0.829. The minimum atomic E-state index is -4.24. The molecule has 0 radical (unpaired) electrons. The van der Waals surface area contributed by atoms with Gasteiger partial charge in [0.15, 0.2) is 0 Å². The molecule has 1 aliphatic rings. The summed E-state index contributed by atoms with van der Waals surface area (Å²) in [6, 6.07) is -1.14. The summed E-state index contributed by atoms with van der Waals surface area (Å²) in [5.41, 5.74) is 0. The summed E-state index contributed by atoms with van der Waals surface area (Å²) in [6.07, 6.45) is -2.95. The number of nitrogens with one attached hydrogen (secondary N) is 1. The van der Waals surface area contributed by atoms with Gasteiger partial charge in [-0.15, -0.1) is 0 Å². The van der Waals surface area contributed by atoms with Gasteiger partial charge < -0.3 is 4.90 Å². The van der Waals surface area contributed by atoms with Crippen molar-refractivity contribution in [3.05, 3.63) is 0 Å². The van der Waals surface area contributed by atoms with Crippen LogP contribution in [0.15, 0.2) is 0 Å². The van der Waals surface area contributed by atoms with E-state index in [1.807, 2.05) is 6.92 Å². The van der Waals surface area contributed by atoms with E-state index in [0.29, 0.717) is 6.42 Å². The van der Waals surface area contributed by atoms with Crippen molar-refractivity contribution in [2.75, 3.05) is 0 Å². The number of rotatable bonds is 5. The Morgan fingerprint density at radius 3 is 2.56 bits per heavy atom. The van der Waals surface area contributed by atoms with Crippen molar-refractivity contribution in [2.45, 2.75) is 70.9 Å². The van der Waals surface area contributed by atoms with Gasteiger partial charge in [-0.2, -0.15) is 13.2 Å². The van der Waals surface area contributed by atoms with Gasteiger partial charge in [0.25, 0.3) is 0 Å². The fourth-order valence-electron chi connectivity index (χ4n) is 2.46. The van der Waals surface area contributed by atoms with Crippen LogP contribution in [-0.2, 0) is 4.79 Å². The Balaban J connectivity index is 2.63. The molecule has 1 N–H and O–H groups in total. The molecule has 0 aromatic carbocycles. The number of halogens is 3. The Hall–Kier alpha value is -0.780. The minimum Gasteiger partial charge on any atom is -0.323 e. The molecule has 18 heavy (non-hydrogen) atoms. The standard InChI is InChI=1S/C12H21F3N2O/c1-4-5-6-10-11(18)17(9(3)16-10)8(2)7-12(13,14)15/h8-10,16H,4-7H2,1-3H3. The molecule has 1 heterocycles. The van der Waals surface area contributed by atoms with Crippen molar-refractivity contribution in [3.63, 3.8) is 0 Å². The monoisotopic (exact) mass is 266 g/mol. The molecule has 0 bridgehead atoms. The van der Waals surface area contributed by atoms with E-state index in [2.05, 4.69) is 5.32 Å². The van der Waals surface area contributed by atoms with Crippen LogP contribution in [0.4, 0.5) is 13.2 Å². The van der Waals surface area contributed by atoms with Crippen LogP contribution in [0.5, 0.6) is 0 Å². The first kappa shape index (κ1) is 15.3. The molecule has 3 atom stereocenters. The molecule has 0 aromatic rings. The Morgan fingerprint density at radius 2 is 2.06 bits per heavy atom. The van der Waals surface area contributed by atoms with Crippen LogP contribution in [0.25, 0.3) is 0 Å². The Morgan fingerprint density at radius 1 is 1.44 bits per heavy atom. The summed E-state index contributed by atoms with van der Waals surface area (Å²) >= 11 is 0. The third kappa shape index (κ3) is 3.86. The zero-order chi connectivity index (χ0) is 13.9. The van der Waals surface area contributed by atoms with E-state index in [1.165, 1.54) is 11.8 Å². The Bertz CT molecular complexity index is 294. The molecule has 6 heteroatoms. The molecule has 3 nitrogen and oxygen atoms in total. The lowest BCUT2D eigenvalue weighted by Crippen LogP contribution is -2.43. The Kier molecular flexibility index (Phi) is 5.01. The largest absolute Gasteiger partial charge is 0.391 e. The van der Waals surface area contributed by atoms with Gasteiger partial charge in [-0.05, 0) is 20.3 Å². The number of alkyl halides is 3. The van der Waals surface area contributed by atoms with Crippen LogP contribution in [0.3, 0.4) is 0 Å². The molecule has 0 aliphatic carbocycles. The highest BCUT2D eigenvalue weighted by molar-refractivity contribution is 5.84. The maximum absolute atomic E-state index is 12.4. The maximum Gasteiger partial charge on any atom is 0.391 e. The third-order valence-electron chi connectivity index (χ3n) is 3.26. The van der Waals surface area contributed by atoms with Gasteiger partial charge in [-0.25, -0.2) is 0 Å². The highest BCUT2D eigenvalue weighted by Gasteiger charge is 2.42. The number of nitrogens with zero attached hydrogens (tertiary/aromatic N) is 1. The average Bonchev–Trinajstić information content (AvgIpc) is 2.48. The number of unbranched alkanes of at least 4 members (excludes halogenated alkanes) is 1. The van der Waals surface area contributed by atoms with Crippen molar-refractivity contribution in [1.82, 2.24) is 10.2 Å². The van der Waals surface area contributed by atoms with Gasteiger partial charge in [-0.1, -0.05) is 19.8 Å². The number of hydrogen-bond acceptors (Lipinski definition) is 2. The smallest absolute Gasteiger partial charge is 0.323 e. The van der Waals surface area contributed by atoms with E-state index in [4.69, 9.17) is 0 Å². The SMILES string of the molecule is CCCCC1NC(C)N(C(C)CC(F)(F)F)C1=O. The average molecular weight is 266 g/mol. The lowest BCUT2D eigenvalue weighted by Gasteiger charge is -2.28. The molecular weight excluding hydrogens is 245 g/mol. The molecule has 0 spiro atoms. The number of carbonyl (C=O) groups excluding carboxylic acids is 1. The highest BCUT2D eigenvalue weighted by atomic mass is 19.4. The maximum atomic E-state index is 12.4. The first-order chi connectivity index (χ1) is 8.26. The number of amides is 1. The normalized spacial score (nSPS) is 26.8. The van der Waals surface area contributed by atoms with E-state index in [-0.39, 0.29) is 18.1 Å². The molecule has 1 amide bonds. The molecule has 1 aliphatic heterocycles. The van der Waals surface area contributed by atoms with Crippen LogP contribution in [-0.4, -0.2) is 35.2 Å². The van der Waals surface area contributed by atoms with Crippen LogP contribution < -0.4 is 5.32 Å². The Labute approximate surface area is 106 Å². The van der Waals surface area contributed by atoms with Crippen LogP contribution >= 0.6 is 0 Å². The second-order valence-electron chi connectivity index (χ2n) is 4.95. The first-order valence-electron chi connectivity index (χ1n) is 6.41. The molecule has 106 valence electrons. The lowest BCUT2D eigenvalue weighted by molar-refractivity contribution is -0.153. The van der Waals surface area contributed by atoms with Gasteiger partial charge in [0.05, 0.1) is 18.6 Å². The van der Waals surface area contributed by atoms with E-state index in [0.717, 1.165) is 12.8 Å². The molecule has 1 saturated heterocycles. The highest BCUT2D eigenvalue weighted by Crippen LogP contribution is 2.27. The van der Waals surface area contributed by atoms with E-state index >= 15 is 0 Å². The van der Waals surface area contributed by atoms with E-state index in [1.54, 1.807) is 6.92 Å². The molecule has 3 unspecified atom stereocenters. The molecule has 0 saturated carbocycles. The van der Waals surface area contributed by atoms with Gasteiger partial charge in [0.1, 0.15) is 0 Å². The minimum absolute atomic E-state index is 0.201. The summed E-state index contributed by atoms with van der Waals surface area (Å²) in [6.45, 7) is 5.20. The number of hydrogen-bond donors (Lipinski definition) is 1. The summed E-state index contributed by atoms with van der Waals surface area (Å²) in [7, 11) is 0. The number of carbonyl (C=O) groups is 1. The summed E-state index contributed by atoms with van der Waals surface area (Å²) in [5, 5.41) is 3.06. The van der Waals surface area contributed by atoms with Gasteiger partial charge in [0.2, 0.25) is 5.91 Å². The predicted octanol–water partition coefficient (Wildman–Crippen LogP) is 2.66. The van der Waals surface area contributed by atoms with Gasteiger partial charge >= 0.3 is 6.18 Å². The predicted molar refractivity (Wildman–Crippen MR) is 62.9 cm³/mol. The van der Waals surface area contributed by atoms with Crippen molar-refractivity contribution < 1.29 is 18.0 Å². The first-order valence-corrected chi connectivity index (χ1v) is 6.41. The van der Waals surface area contributed by atoms with Crippen molar-refractivity contribution in [1.29, 1.82) is 0 Å². The fourth-order valence-corrected chi connectivity index (χ4v) is 2.46. The molecule has 1 rings (SSSR count). The van der Waals surface area contributed by atoms with E-state index < -0.39 is 18.6 Å². The van der Waals surface area contributed by atoms with Crippen LogP contribution in [0.1, 0.15) is 46.5 Å². The van der Waals surface area contributed by atoms with Crippen molar-refractivity contribution in [3.8, 4) is 0 Å². The molecular formula is C12H21F3N2O. The van der Waals surface area contributed by atoms with Crippen LogP contribution in [0.2, 0.25) is 0 Å². The van der Waals surface area contributed by atoms with Crippen molar-refractivity contribution >= 4 is 5.91 Å². The van der Waals surface area contributed by atoms with Gasteiger partial charge in [-0.3, -0.25) is 10.1 Å². The zero-order valence-corrected chi connectivity index (χ0v) is 11.0. The second-order valence-corrected chi connectivity index (χ2v) is 4.95. The molecule has 1 fully saturated rings. The summed E-state index contributed by atoms with van der Waals surface area (Å²) in [4.78, 5) is 13.4. The zero-order valence-electron chi connectivity index (χ0n) is 11.0. The van der Waals surface area contributed by atoms with Gasteiger partial charge in [0, 0.05) is 6.04 Å². The second kappa shape index (κ2) is 5.91.